The van der Waals surface area contributed by atoms with Crippen molar-refractivity contribution in [3.63, 3.8) is 0 Å². The number of nitro benzene ring substituents is 1. The van der Waals surface area contributed by atoms with Gasteiger partial charge in [0.25, 0.3) is 17.5 Å². The second-order valence-corrected chi connectivity index (χ2v) is 11.3. The molecule has 4 rings (SSSR count). The molecule has 1 saturated heterocycles. The Labute approximate surface area is 260 Å². The van der Waals surface area contributed by atoms with Crippen molar-refractivity contribution >= 4 is 85.1 Å². The minimum absolute atomic E-state index is 0.135. The van der Waals surface area contributed by atoms with Crippen molar-refractivity contribution in [2.75, 3.05) is 37.0 Å². The molecule has 0 radical (unpaired) electrons. The lowest BCUT2D eigenvalue weighted by molar-refractivity contribution is -0.384. The van der Waals surface area contributed by atoms with E-state index in [1.54, 1.807) is 37.4 Å². The standard InChI is InChI=1S/C29H27BrClN5O5S/c1-4-35(5-2)21-11-9-18(25(16-21)41-17-27(37)32-19-7-6-8-22(14-19)36(39)40)13-26-28(38)34(3)29(42-26)33-20-10-12-23(30)24(31)15-20/h6-16H,4-5,17H2,1-3H3,(H,32,37)/b26-13-,33-29?. The number of aliphatic imine (C=N–C) groups is 1. The summed E-state index contributed by atoms with van der Waals surface area (Å²) >= 11 is 10.8. The highest BCUT2D eigenvalue weighted by atomic mass is 79.9. The molecule has 1 heterocycles. The summed E-state index contributed by atoms with van der Waals surface area (Å²) in [6, 6.07) is 16.5. The van der Waals surface area contributed by atoms with Gasteiger partial charge in [-0.2, -0.15) is 0 Å². The normalized spacial score (nSPS) is 14.9. The Morgan fingerprint density at radius 2 is 1.95 bits per heavy atom. The average Bonchev–Trinajstić information content (AvgIpc) is 3.23. The van der Waals surface area contributed by atoms with Gasteiger partial charge in [-0.3, -0.25) is 24.6 Å². The van der Waals surface area contributed by atoms with Crippen molar-refractivity contribution in [2.24, 2.45) is 4.99 Å². The third kappa shape index (κ3) is 7.50. The van der Waals surface area contributed by atoms with Gasteiger partial charge in [0, 0.05) is 59.7 Å². The fraction of sp³-hybridized carbons (Fsp3) is 0.207. The third-order valence-electron chi connectivity index (χ3n) is 6.24. The van der Waals surface area contributed by atoms with Crippen LogP contribution in [0, 0.1) is 10.1 Å². The van der Waals surface area contributed by atoms with Gasteiger partial charge in [0.1, 0.15) is 5.75 Å². The molecule has 1 aliphatic heterocycles. The highest BCUT2D eigenvalue weighted by Crippen LogP contribution is 2.37. The van der Waals surface area contributed by atoms with Gasteiger partial charge in [0.05, 0.1) is 20.5 Å². The molecule has 0 aliphatic carbocycles. The molecule has 1 fully saturated rings. The molecular formula is C29H27BrClN5O5S. The van der Waals surface area contributed by atoms with Crippen LogP contribution in [-0.2, 0) is 9.59 Å². The van der Waals surface area contributed by atoms with Crippen LogP contribution in [0.1, 0.15) is 19.4 Å². The largest absolute Gasteiger partial charge is 0.483 e. The Hall–Kier alpha value is -3.87. The van der Waals surface area contributed by atoms with E-state index in [2.05, 4.69) is 31.1 Å². The van der Waals surface area contributed by atoms with Crippen LogP contribution in [-0.4, -0.2) is 53.5 Å². The first-order chi connectivity index (χ1) is 20.1. The summed E-state index contributed by atoms with van der Waals surface area (Å²) in [6.07, 6.45) is 1.71. The zero-order chi connectivity index (χ0) is 30.4. The lowest BCUT2D eigenvalue weighted by Gasteiger charge is -2.22. The number of carbonyl (C=O) groups is 2. The Kier molecular flexibility index (Phi) is 10.3. The van der Waals surface area contributed by atoms with E-state index in [4.69, 9.17) is 16.3 Å². The monoisotopic (exact) mass is 671 g/mol. The Balaban J connectivity index is 1.59. The predicted molar refractivity (Wildman–Crippen MR) is 172 cm³/mol. The molecule has 3 aromatic carbocycles. The predicted octanol–water partition coefficient (Wildman–Crippen LogP) is 7.11. The number of benzene rings is 3. The van der Waals surface area contributed by atoms with Gasteiger partial charge in [-0.15, -0.1) is 0 Å². The molecule has 3 aromatic rings. The lowest BCUT2D eigenvalue weighted by Crippen LogP contribution is -2.23. The molecule has 218 valence electrons. The number of carbonyl (C=O) groups excluding carboxylic acids is 2. The SMILES string of the molecule is CCN(CC)c1ccc(/C=C2\SC(=Nc3ccc(Br)c(Cl)c3)N(C)C2=O)c(OCC(=O)Nc2cccc([N+](=O)[O-])c2)c1. The van der Waals surface area contributed by atoms with E-state index in [0.29, 0.717) is 32.1 Å². The molecule has 1 N–H and O–H groups in total. The number of non-ortho nitro benzene ring substituents is 1. The fourth-order valence-corrected chi connectivity index (χ4v) is 5.45. The molecule has 10 nitrogen and oxygen atoms in total. The van der Waals surface area contributed by atoms with Crippen molar-refractivity contribution in [3.05, 3.63) is 90.7 Å². The van der Waals surface area contributed by atoms with Gasteiger partial charge < -0.3 is 15.0 Å². The summed E-state index contributed by atoms with van der Waals surface area (Å²) in [7, 11) is 1.65. The smallest absolute Gasteiger partial charge is 0.271 e. The number of amides is 2. The minimum atomic E-state index is -0.533. The van der Waals surface area contributed by atoms with Gasteiger partial charge in [-0.25, -0.2) is 4.99 Å². The summed E-state index contributed by atoms with van der Waals surface area (Å²) in [5, 5.41) is 14.7. The first-order valence-electron chi connectivity index (χ1n) is 12.9. The molecule has 0 bridgehead atoms. The molecule has 0 unspecified atom stereocenters. The first kappa shape index (κ1) is 31.1. The molecule has 1 aliphatic rings. The van der Waals surface area contributed by atoms with E-state index >= 15 is 0 Å². The van der Waals surface area contributed by atoms with Gasteiger partial charge >= 0.3 is 0 Å². The number of thioether (sulfide) groups is 1. The summed E-state index contributed by atoms with van der Waals surface area (Å²) in [5.74, 6) is -0.317. The van der Waals surface area contributed by atoms with Crippen LogP contribution in [0.15, 0.2) is 75.0 Å². The van der Waals surface area contributed by atoms with Gasteiger partial charge in [-0.05, 0) is 84.0 Å². The van der Waals surface area contributed by atoms with Crippen molar-refractivity contribution in [3.8, 4) is 5.75 Å². The van der Waals surface area contributed by atoms with E-state index in [-0.39, 0.29) is 23.9 Å². The molecule has 2 amide bonds. The zero-order valence-electron chi connectivity index (χ0n) is 23.0. The number of nitro groups is 1. The number of hydrogen-bond acceptors (Lipinski definition) is 8. The number of ether oxygens (including phenoxy) is 1. The number of nitrogens with one attached hydrogen (secondary N) is 1. The number of anilines is 2. The third-order valence-corrected chi connectivity index (χ3v) is 8.54. The average molecular weight is 673 g/mol. The van der Waals surface area contributed by atoms with Crippen LogP contribution < -0.4 is 15.0 Å². The number of nitrogens with zero attached hydrogens (tertiary/aromatic N) is 4. The van der Waals surface area contributed by atoms with Crippen LogP contribution in [0.25, 0.3) is 6.08 Å². The molecule has 13 heteroatoms. The van der Waals surface area contributed by atoms with Crippen LogP contribution in [0.2, 0.25) is 5.02 Å². The maximum Gasteiger partial charge on any atom is 0.271 e. The molecule has 42 heavy (non-hydrogen) atoms. The molecular weight excluding hydrogens is 646 g/mol. The number of rotatable bonds is 10. The summed E-state index contributed by atoms with van der Waals surface area (Å²) < 4.78 is 6.69. The van der Waals surface area contributed by atoms with E-state index in [1.165, 1.54) is 34.9 Å². The number of halogens is 2. The quantitative estimate of drug-likeness (QED) is 0.139. The van der Waals surface area contributed by atoms with Crippen LogP contribution in [0.3, 0.4) is 0 Å². The van der Waals surface area contributed by atoms with Crippen molar-refractivity contribution in [1.29, 1.82) is 0 Å². The lowest BCUT2D eigenvalue weighted by atomic mass is 10.1. The van der Waals surface area contributed by atoms with E-state index in [9.17, 15) is 19.7 Å². The van der Waals surface area contributed by atoms with Crippen molar-refractivity contribution in [2.45, 2.75) is 13.8 Å². The number of hydrogen-bond donors (Lipinski definition) is 1. The number of likely N-dealkylation sites (N-methyl/N-ethyl adjacent to an activating group) is 1. The van der Waals surface area contributed by atoms with Crippen molar-refractivity contribution < 1.29 is 19.2 Å². The first-order valence-corrected chi connectivity index (χ1v) is 14.9. The molecule has 0 aromatic heterocycles. The van der Waals surface area contributed by atoms with E-state index in [1.807, 2.05) is 32.0 Å². The van der Waals surface area contributed by atoms with Crippen LogP contribution in [0.4, 0.5) is 22.7 Å². The molecule has 0 saturated carbocycles. The molecule has 0 spiro atoms. The summed E-state index contributed by atoms with van der Waals surface area (Å²) in [5.41, 5.74) is 2.25. The second kappa shape index (κ2) is 13.9. The van der Waals surface area contributed by atoms with Crippen LogP contribution >= 0.6 is 39.3 Å². The van der Waals surface area contributed by atoms with Crippen LogP contribution in [0.5, 0.6) is 5.75 Å². The Morgan fingerprint density at radius 1 is 1.19 bits per heavy atom. The van der Waals surface area contributed by atoms with Crippen molar-refractivity contribution in [1.82, 2.24) is 4.90 Å². The second-order valence-electron chi connectivity index (χ2n) is 9.01. The summed E-state index contributed by atoms with van der Waals surface area (Å²) in [4.78, 5) is 44.9. The zero-order valence-corrected chi connectivity index (χ0v) is 26.1. The molecule has 0 atom stereocenters. The maximum absolute atomic E-state index is 13.1. The maximum atomic E-state index is 13.1. The summed E-state index contributed by atoms with van der Waals surface area (Å²) in [6.45, 7) is 5.26. The fourth-order valence-electron chi connectivity index (χ4n) is 4.05. The van der Waals surface area contributed by atoms with E-state index < -0.39 is 10.8 Å². The topological polar surface area (TPSA) is 117 Å². The van der Waals surface area contributed by atoms with Gasteiger partial charge in [0.2, 0.25) is 0 Å². The Morgan fingerprint density at radius 3 is 2.64 bits per heavy atom. The highest BCUT2D eigenvalue weighted by Gasteiger charge is 2.31. The van der Waals surface area contributed by atoms with Gasteiger partial charge in [-0.1, -0.05) is 17.7 Å². The highest BCUT2D eigenvalue weighted by molar-refractivity contribution is 9.10. The van der Waals surface area contributed by atoms with E-state index in [0.717, 1.165) is 23.2 Å². The minimum Gasteiger partial charge on any atom is -0.483 e. The van der Waals surface area contributed by atoms with Gasteiger partial charge in [0.15, 0.2) is 11.8 Å². The number of amidine groups is 1. The Bertz CT molecular complexity index is 1590.